The van der Waals surface area contributed by atoms with Gasteiger partial charge in [-0.2, -0.15) is 0 Å². The van der Waals surface area contributed by atoms with Crippen LogP contribution in [0.25, 0.3) is 0 Å². The molecule has 1 saturated carbocycles. The standard InChI is InChI=1S/C10H13N3O2/c1-13(2)8-5-7(10(14)15)11-9(12-8)6-3-4-6/h5-6H,3-4H2,1-2H3,(H,14,15). The highest BCUT2D eigenvalue weighted by Crippen LogP contribution is 2.38. The minimum absolute atomic E-state index is 0.0793. The lowest BCUT2D eigenvalue weighted by Crippen LogP contribution is -2.14. The van der Waals surface area contributed by atoms with Gasteiger partial charge < -0.3 is 10.0 Å². The predicted octanol–water partition coefficient (Wildman–Crippen LogP) is 1.12. The molecule has 5 heteroatoms. The average Bonchev–Trinajstić information content (AvgIpc) is 3.00. The van der Waals surface area contributed by atoms with Crippen LogP contribution in [-0.4, -0.2) is 35.1 Å². The van der Waals surface area contributed by atoms with Crippen LogP contribution in [0, 0.1) is 0 Å². The van der Waals surface area contributed by atoms with Crippen molar-refractivity contribution in [2.45, 2.75) is 18.8 Å². The quantitative estimate of drug-likeness (QED) is 0.804. The Labute approximate surface area is 87.8 Å². The van der Waals surface area contributed by atoms with Gasteiger partial charge in [-0.1, -0.05) is 0 Å². The summed E-state index contributed by atoms with van der Waals surface area (Å²) in [4.78, 5) is 21.0. The first-order chi connectivity index (χ1) is 7.08. The Morgan fingerprint density at radius 1 is 1.47 bits per heavy atom. The Morgan fingerprint density at radius 3 is 2.60 bits per heavy atom. The molecule has 1 fully saturated rings. The summed E-state index contributed by atoms with van der Waals surface area (Å²) >= 11 is 0. The van der Waals surface area contributed by atoms with Gasteiger partial charge >= 0.3 is 5.97 Å². The Morgan fingerprint density at radius 2 is 2.13 bits per heavy atom. The van der Waals surface area contributed by atoms with Gasteiger partial charge in [0.25, 0.3) is 0 Å². The van der Waals surface area contributed by atoms with E-state index in [0.717, 1.165) is 12.8 Å². The highest BCUT2D eigenvalue weighted by molar-refractivity contribution is 5.86. The van der Waals surface area contributed by atoms with Crippen LogP contribution >= 0.6 is 0 Å². The van der Waals surface area contributed by atoms with E-state index in [1.165, 1.54) is 6.07 Å². The number of carboxylic acid groups (broad SMARTS) is 1. The minimum Gasteiger partial charge on any atom is -0.477 e. The van der Waals surface area contributed by atoms with Crippen molar-refractivity contribution in [2.24, 2.45) is 0 Å². The van der Waals surface area contributed by atoms with Gasteiger partial charge in [-0.25, -0.2) is 14.8 Å². The second kappa shape index (κ2) is 3.49. The van der Waals surface area contributed by atoms with Crippen molar-refractivity contribution in [1.82, 2.24) is 9.97 Å². The maximum Gasteiger partial charge on any atom is 0.354 e. The number of hydrogen-bond acceptors (Lipinski definition) is 4. The third-order valence-electron chi connectivity index (χ3n) is 2.35. The summed E-state index contributed by atoms with van der Waals surface area (Å²) in [5.74, 6) is 0.688. The van der Waals surface area contributed by atoms with Crippen LogP contribution < -0.4 is 4.90 Å². The van der Waals surface area contributed by atoms with Crippen molar-refractivity contribution in [1.29, 1.82) is 0 Å². The summed E-state index contributed by atoms with van der Waals surface area (Å²) in [6.07, 6.45) is 2.13. The van der Waals surface area contributed by atoms with E-state index in [9.17, 15) is 4.79 Å². The molecular weight excluding hydrogens is 194 g/mol. The van der Waals surface area contributed by atoms with Gasteiger partial charge in [0.1, 0.15) is 11.6 Å². The number of aromatic carboxylic acids is 1. The summed E-state index contributed by atoms with van der Waals surface area (Å²) in [6, 6.07) is 1.49. The number of aromatic nitrogens is 2. The van der Waals surface area contributed by atoms with E-state index in [0.29, 0.717) is 17.6 Å². The molecule has 5 nitrogen and oxygen atoms in total. The summed E-state index contributed by atoms with van der Waals surface area (Å²) in [6.45, 7) is 0. The fraction of sp³-hybridized carbons (Fsp3) is 0.500. The van der Waals surface area contributed by atoms with Crippen molar-refractivity contribution in [3.05, 3.63) is 17.6 Å². The summed E-state index contributed by atoms with van der Waals surface area (Å²) in [5, 5.41) is 8.91. The zero-order valence-corrected chi connectivity index (χ0v) is 8.77. The fourth-order valence-corrected chi connectivity index (χ4v) is 1.32. The Kier molecular flexibility index (Phi) is 2.30. The molecule has 1 heterocycles. The van der Waals surface area contributed by atoms with Crippen LogP contribution in [-0.2, 0) is 0 Å². The first-order valence-corrected chi connectivity index (χ1v) is 4.87. The number of nitrogens with zero attached hydrogens (tertiary/aromatic N) is 3. The molecular formula is C10H13N3O2. The summed E-state index contributed by atoms with van der Waals surface area (Å²) < 4.78 is 0. The first kappa shape index (κ1) is 9.89. The molecule has 2 rings (SSSR count). The van der Waals surface area contributed by atoms with E-state index in [1.54, 1.807) is 4.90 Å². The van der Waals surface area contributed by atoms with Gasteiger partial charge in [0.2, 0.25) is 0 Å². The van der Waals surface area contributed by atoms with E-state index >= 15 is 0 Å². The van der Waals surface area contributed by atoms with E-state index in [1.807, 2.05) is 14.1 Å². The number of anilines is 1. The molecule has 1 aromatic rings. The number of carbonyl (C=O) groups is 1. The van der Waals surface area contributed by atoms with Gasteiger partial charge in [-0.05, 0) is 12.8 Å². The van der Waals surface area contributed by atoms with E-state index < -0.39 is 5.97 Å². The third-order valence-corrected chi connectivity index (χ3v) is 2.35. The first-order valence-electron chi connectivity index (χ1n) is 4.87. The van der Waals surface area contributed by atoms with E-state index in [2.05, 4.69) is 9.97 Å². The zero-order chi connectivity index (χ0) is 11.0. The molecule has 1 aliphatic carbocycles. The van der Waals surface area contributed by atoms with E-state index in [-0.39, 0.29) is 5.69 Å². The van der Waals surface area contributed by atoms with Gasteiger partial charge in [-0.15, -0.1) is 0 Å². The van der Waals surface area contributed by atoms with Gasteiger partial charge in [0.15, 0.2) is 5.69 Å². The van der Waals surface area contributed by atoms with Crippen LogP contribution in [0.3, 0.4) is 0 Å². The van der Waals surface area contributed by atoms with Crippen LogP contribution in [0.2, 0.25) is 0 Å². The second-order valence-corrected chi connectivity index (χ2v) is 3.94. The molecule has 0 atom stereocenters. The molecule has 0 aromatic carbocycles. The Bertz CT molecular complexity index is 379. The average molecular weight is 207 g/mol. The number of carboxylic acids is 1. The molecule has 1 N–H and O–H groups in total. The van der Waals surface area contributed by atoms with Crippen molar-refractivity contribution in [2.75, 3.05) is 19.0 Å². The predicted molar refractivity (Wildman–Crippen MR) is 55.3 cm³/mol. The molecule has 1 aliphatic rings. The topological polar surface area (TPSA) is 66.3 Å². The molecule has 0 amide bonds. The van der Waals surface area contributed by atoms with Crippen molar-refractivity contribution < 1.29 is 9.90 Å². The molecule has 0 radical (unpaired) electrons. The van der Waals surface area contributed by atoms with Crippen molar-refractivity contribution in [3.63, 3.8) is 0 Å². The lowest BCUT2D eigenvalue weighted by atomic mass is 10.3. The van der Waals surface area contributed by atoms with Crippen LogP contribution in [0.5, 0.6) is 0 Å². The van der Waals surface area contributed by atoms with Crippen LogP contribution in [0.4, 0.5) is 5.82 Å². The lowest BCUT2D eigenvalue weighted by Gasteiger charge is -2.12. The molecule has 1 aromatic heterocycles. The summed E-state index contributed by atoms with van der Waals surface area (Å²) in [7, 11) is 3.68. The molecule has 0 spiro atoms. The molecule has 15 heavy (non-hydrogen) atoms. The SMILES string of the molecule is CN(C)c1cc(C(=O)O)nc(C2CC2)n1. The Hall–Kier alpha value is -1.65. The Balaban J connectivity index is 2.43. The monoisotopic (exact) mass is 207 g/mol. The molecule has 0 bridgehead atoms. The van der Waals surface area contributed by atoms with Crippen molar-refractivity contribution >= 4 is 11.8 Å². The normalized spacial score (nSPS) is 15.1. The lowest BCUT2D eigenvalue weighted by molar-refractivity contribution is 0.0690. The van der Waals surface area contributed by atoms with Gasteiger partial charge in [-0.3, -0.25) is 0 Å². The zero-order valence-electron chi connectivity index (χ0n) is 8.77. The largest absolute Gasteiger partial charge is 0.477 e. The minimum atomic E-state index is -0.998. The number of rotatable bonds is 3. The third kappa shape index (κ3) is 2.06. The van der Waals surface area contributed by atoms with Crippen molar-refractivity contribution in [3.8, 4) is 0 Å². The molecule has 0 aliphatic heterocycles. The maximum atomic E-state index is 10.9. The highest BCUT2D eigenvalue weighted by Gasteiger charge is 2.28. The van der Waals surface area contributed by atoms with Gasteiger partial charge in [0, 0.05) is 26.1 Å². The molecule has 0 saturated heterocycles. The van der Waals surface area contributed by atoms with Gasteiger partial charge in [0.05, 0.1) is 0 Å². The molecule has 0 unspecified atom stereocenters. The smallest absolute Gasteiger partial charge is 0.354 e. The maximum absolute atomic E-state index is 10.9. The summed E-state index contributed by atoms with van der Waals surface area (Å²) in [5.41, 5.74) is 0.0793. The highest BCUT2D eigenvalue weighted by atomic mass is 16.4. The van der Waals surface area contributed by atoms with E-state index in [4.69, 9.17) is 5.11 Å². The molecule has 80 valence electrons. The second-order valence-electron chi connectivity index (χ2n) is 3.94. The van der Waals surface area contributed by atoms with Crippen LogP contribution in [0.1, 0.15) is 35.1 Å². The van der Waals surface area contributed by atoms with Crippen LogP contribution in [0.15, 0.2) is 6.07 Å². The number of hydrogen-bond donors (Lipinski definition) is 1. The fourth-order valence-electron chi connectivity index (χ4n) is 1.32.